The van der Waals surface area contributed by atoms with Crippen molar-refractivity contribution in [3.05, 3.63) is 0 Å². The van der Waals surface area contributed by atoms with Gasteiger partial charge in [0, 0.05) is 45.9 Å². The number of carbonyl (C=O) groups is 6. The van der Waals surface area contributed by atoms with Gasteiger partial charge in [-0.05, 0) is 60.8 Å². The predicted octanol–water partition coefficient (Wildman–Crippen LogP) is 4.71. The maximum atomic E-state index is 12.9. The van der Waals surface area contributed by atoms with Crippen molar-refractivity contribution in [2.75, 3.05) is 59.7 Å². The Morgan fingerprint density at radius 1 is 0.483 bits per heavy atom. The molecule has 0 spiro atoms. The van der Waals surface area contributed by atoms with Crippen molar-refractivity contribution >= 4 is 35.6 Å². The molecule has 16 heteroatoms. The topological polar surface area (TPSA) is 209 Å². The molecular formula is C42H79N5O11. The highest BCUT2D eigenvalue weighted by atomic mass is 16.6. The Morgan fingerprint density at radius 3 is 1.47 bits per heavy atom. The summed E-state index contributed by atoms with van der Waals surface area (Å²) in [5.41, 5.74) is 1.25. The van der Waals surface area contributed by atoms with E-state index in [2.05, 4.69) is 26.7 Å². The highest BCUT2D eigenvalue weighted by Gasteiger charge is 2.27. The lowest BCUT2D eigenvalue weighted by Gasteiger charge is -2.24. The highest BCUT2D eigenvalue weighted by molar-refractivity contribution is 5.85. The summed E-state index contributed by atoms with van der Waals surface area (Å²) in [5, 5.41) is 10.7. The fourth-order valence-corrected chi connectivity index (χ4v) is 5.61. The summed E-state index contributed by atoms with van der Waals surface area (Å²) < 4.78 is 21.6. The first-order valence-corrected chi connectivity index (χ1v) is 21.5. The average molecular weight is 830 g/mol. The van der Waals surface area contributed by atoms with Gasteiger partial charge in [0.1, 0.15) is 30.5 Å². The molecule has 16 nitrogen and oxygen atoms in total. The zero-order chi connectivity index (χ0) is 43.5. The number of hydroxylamine groups is 1. The van der Waals surface area contributed by atoms with Crippen LogP contribution in [0.25, 0.3) is 0 Å². The van der Waals surface area contributed by atoms with Gasteiger partial charge in [0.15, 0.2) is 0 Å². The van der Waals surface area contributed by atoms with Crippen LogP contribution in [0.15, 0.2) is 0 Å². The third-order valence-corrected chi connectivity index (χ3v) is 8.43. The van der Waals surface area contributed by atoms with E-state index in [1.165, 1.54) is 51.4 Å². The molecule has 0 saturated carbocycles. The molecule has 338 valence electrons. The van der Waals surface area contributed by atoms with Gasteiger partial charge in [-0.25, -0.2) is 10.3 Å². The van der Waals surface area contributed by atoms with Gasteiger partial charge in [0.2, 0.25) is 23.6 Å². The van der Waals surface area contributed by atoms with Crippen molar-refractivity contribution in [1.82, 2.24) is 26.7 Å². The minimum absolute atomic E-state index is 0.0210. The molecule has 0 aromatic rings. The molecule has 58 heavy (non-hydrogen) atoms. The van der Waals surface area contributed by atoms with Crippen molar-refractivity contribution in [3.63, 3.8) is 0 Å². The van der Waals surface area contributed by atoms with Gasteiger partial charge in [-0.1, -0.05) is 77.0 Å². The second-order valence-corrected chi connectivity index (χ2v) is 16.4. The van der Waals surface area contributed by atoms with Crippen molar-refractivity contribution < 1.29 is 52.6 Å². The standard InChI is InChI=1S/C42H79N5O11/c1-41(2,3)57-39(52)23-21-19-17-15-13-11-9-8-10-12-14-16-18-20-22-36(49)47-34(40(53)58-42(4,5)6)24-25-35(48)46-28-29-54-30-31-55-32-37(50)44-26-27-45-38(51)33-56-43-7/h34,43H,8-33H2,1-7H3,(H,44,50)(H,45,51)(H,46,48)(H,47,49)/t34-/m0/s1. The fraction of sp³-hybridized carbons (Fsp3) is 0.857. The molecule has 0 radical (unpaired) electrons. The van der Waals surface area contributed by atoms with Crippen LogP contribution in [0.2, 0.25) is 0 Å². The number of ether oxygens (including phenoxy) is 4. The molecule has 4 amide bonds. The molecule has 0 bridgehead atoms. The molecule has 0 aliphatic heterocycles. The number of carbonyl (C=O) groups excluding carboxylic acids is 6. The van der Waals surface area contributed by atoms with Crippen molar-refractivity contribution in [2.45, 2.75) is 174 Å². The van der Waals surface area contributed by atoms with Gasteiger partial charge < -0.3 is 40.2 Å². The molecule has 0 aliphatic carbocycles. The van der Waals surface area contributed by atoms with Gasteiger partial charge >= 0.3 is 11.9 Å². The first-order chi connectivity index (χ1) is 27.5. The molecule has 0 aromatic heterocycles. The Kier molecular flexibility index (Phi) is 32.5. The first-order valence-electron chi connectivity index (χ1n) is 21.5. The maximum Gasteiger partial charge on any atom is 0.329 e. The van der Waals surface area contributed by atoms with Crippen LogP contribution < -0.4 is 26.7 Å². The molecule has 0 unspecified atom stereocenters. The second-order valence-electron chi connectivity index (χ2n) is 16.4. The van der Waals surface area contributed by atoms with Gasteiger partial charge in [0.05, 0.1) is 19.8 Å². The van der Waals surface area contributed by atoms with Crippen LogP contribution >= 0.6 is 0 Å². The second kappa shape index (κ2) is 34.5. The molecular weight excluding hydrogens is 750 g/mol. The molecule has 0 heterocycles. The lowest BCUT2D eigenvalue weighted by molar-refractivity contribution is -0.159. The Balaban J connectivity index is 4.03. The monoisotopic (exact) mass is 830 g/mol. The van der Waals surface area contributed by atoms with E-state index in [0.29, 0.717) is 12.8 Å². The molecule has 0 aromatic carbocycles. The summed E-state index contributed by atoms with van der Waals surface area (Å²) in [6, 6.07) is -0.927. The van der Waals surface area contributed by atoms with Crippen LogP contribution in [0, 0.1) is 0 Å². The summed E-state index contributed by atoms with van der Waals surface area (Å²) >= 11 is 0. The predicted molar refractivity (Wildman–Crippen MR) is 222 cm³/mol. The normalized spacial score (nSPS) is 12.1. The summed E-state index contributed by atoms with van der Waals surface area (Å²) in [6.45, 7) is 12.1. The number of unbranched alkanes of at least 4 members (excludes halogenated alkanes) is 13. The fourth-order valence-electron chi connectivity index (χ4n) is 5.61. The van der Waals surface area contributed by atoms with E-state index >= 15 is 0 Å². The zero-order valence-corrected chi connectivity index (χ0v) is 37.0. The van der Waals surface area contributed by atoms with Gasteiger partial charge in [-0.15, -0.1) is 0 Å². The summed E-state index contributed by atoms with van der Waals surface area (Å²) in [6.07, 6.45) is 16.7. The minimum Gasteiger partial charge on any atom is -0.460 e. The molecule has 0 rings (SSSR count). The van der Waals surface area contributed by atoms with Gasteiger partial charge in [0.25, 0.3) is 0 Å². The van der Waals surface area contributed by atoms with E-state index in [-0.39, 0.29) is 95.1 Å². The van der Waals surface area contributed by atoms with Crippen LogP contribution in [0.4, 0.5) is 0 Å². The molecule has 0 fully saturated rings. The lowest BCUT2D eigenvalue weighted by Crippen LogP contribution is -2.44. The molecule has 1 atom stereocenters. The van der Waals surface area contributed by atoms with Crippen molar-refractivity contribution in [2.24, 2.45) is 0 Å². The molecule has 0 aliphatic rings. The largest absolute Gasteiger partial charge is 0.460 e. The third-order valence-electron chi connectivity index (χ3n) is 8.43. The van der Waals surface area contributed by atoms with E-state index < -0.39 is 23.2 Å². The van der Waals surface area contributed by atoms with Crippen LogP contribution in [0.5, 0.6) is 0 Å². The Hall–Kier alpha value is -3.34. The number of amides is 4. The van der Waals surface area contributed by atoms with E-state index in [1.807, 2.05) is 20.8 Å². The van der Waals surface area contributed by atoms with Crippen LogP contribution in [-0.4, -0.2) is 113 Å². The highest BCUT2D eigenvalue weighted by Crippen LogP contribution is 2.16. The lowest BCUT2D eigenvalue weighted by atomic mass is 10.0. The third kappa shape index (κ3) is 38.2. The van der Waals surface area contributed by atoms with E-state index in [4.69, 9.17) is 23.8 Å². The number of hydrogen-bond donors (Lipinski definition) is 5. The Labute approximate surface area is 348 Å². The summed E-state index contributed by atoms with van der Waals surface area (Å²) in [7, 11) is 1.55. The van der Waals surface area contributed by atoms with Gasteiger partial charge in [-0.3, -0.25) is 28.8 Å². The van der Waals surface area contributed by atoms with Crippen LogP contribution in [-0.2, 0) is 52.6 Å². The Morgan fingerprint density at radius 2 is 0.948 bits per heavy atom. The van der Waals surface area contributed by atoms with Crippen LogP contribution in [0.3, 0.4) is 0 Å². The summed E-state index contributed by atoms with van der Waals surface area (Å²) in [5.74, 6) is -1.82. The number of rotatable bonds is 36. The zero-order valence-electron chi connectivity index (χ0n) is 37.0. The first kappa shape index (κ1) is 54.7. The number of hydrogen-bond acceptors (Lipinski definition) is 12. The Bertz CT molecular complexity index is 1140. The number of nitrogens with one attached hydrogen (secondary N) is 5. The maximum absolute atomic E-state index is 12.9. The average Bonchev–Trinajstić information content (AvgIpc) is 3.13. The molecule has 5 N–H and O–H groups in total. The van der Waals surface area contributed by atoms with Crippen LogP contribution in [0.1, 0.15) is 157 Å². The number of esters is 2. The van der Waals surface area contributed by atoms with E-state index in [1.54, 1.807) is 27.8 Å². The van der Waals surface area contributed by atoms with E-state index in [9.17, 15) is 28.8 Å². The molecule has 0 saturated heterocycles. The summed E-state index contributed by atoms with van der Waals surface area (Å²) in [4.78, 5) is 77.8. The van der Waals surface area contributed by atoms with Crippen molar-refractivity contribution in [3.8, 4) is 0 Å². The SMILES string of the molecule is CNOCC(=O)NCCNC(=O)COCCOCCNC(=O)CC[C@H](NC(=O)CCCCCCCCCCCCCCCCC(=O)OC(C)(C)C)C(=O)OC(C)(C)C. The minimum atomic E-state index is -0.927. The van der Waals surface area contributed by atoms with E-state index in [0.717, 1.165) is 38.5 Å². The van der Waals surface area contributed by atoms with Crippen molar-refractivity contribution in [1.29, 1.82) is 0 Å². The smallest absolute Gasteiger partial charge is 0.329 e. The quantitative estimate of drug-likeness (QED) is 0.0331. The van der Waals surface area contributed by atoms with Gasteiger partial charge in [-0.2, -0.15) is 0 Å².